The predicted octanol–water partition coefficient (Wildman–Crippen LogP) is 2.78. The number of benzene rings is 1. The van der Waals surface area contributed by atoms with Gasteiger partial charge in [0, 0.05) is 30.3 Å². The molecule has 0 radical (unpaired) electrons. The lowest BCUT2D eigenvalue weighted by molar-refractivity contribution is 0.0564. The summed E-state index contributed by atoms with van der Waals surface area (Å²) in [5.41, 5.74) is 1.12. The zero-order chi connectivity index (χ0) is 18.5. The molecule has 0 unspecified atom stereocenters. The molecule has 26 heavy (non-hydrogen) atoms. The second kappa shape index (κ2) is 8.24. The van der Waals surface area contributed by atoms with Crippen LogP contribution in [0.3, 0.4) is 0 Å². The smallest absolute Gasteiger partial charge is 0.321 e. The van der Waals surface area contributed by atoms with E-state index in [4.69, 9.17) is 4.74 Å². The highest BCUT2D eigenvalue weighted by Gasteiger charge is 2.17. The lowest BCUT2D eigenvalue weighted by atomic mass is 10.2. The number of carbonyl (C=O) groups excluding carboxylic acids is 2. The average Bonchev–Trinajstić information content (AvgIpc) is 3.12. The zero-order valence-electron chi connectivity index (χ0n) is 14.7. The van der Waals surface area contributed by atoms with Crippen LogP contribution < -0.4 is 10.6 Å². The number of aromatic nitrogens is 2. The van der Waals surface area contributed by atoms with E-state index in [1.54, 1.807) is 29.2 Å². The van der Waals surface area contributed by atoms with Crippen molar-refractivity contribution >= 4 is 34.1 Å². The molecule has 1 saturated heterocycles. The maximum Gasteiger partial charge on any atom is 0.321 e. The number of morpholine rings is 1. The normalized spacial score (nSPS) is 14.3. The third kappa shape index (κ3) is 4.55. The van der Waals surface area contributed by atoms with Crippen LogP contribution in [-0.4, -0.2) is 53.3 Å². The van der Waals surface area contributed by atoms with Gasteiger partial charge in [0.2, 0.25) is 5.13 Å². The van der Waals surface area contributed by atoms with Crippen molar-refractivity contribution in [2.24, 2.45) is 0 Å². The average molecular weight is 375 g/mol. The third-order valence-electron chi connectivity index (χ3n) is 3.85. The van der Waals surface area contributed by atoms with Crippen molar-refractivity contribution in [3.63, 3.8) is 0 Å². The fourth-order valence-electron chi connectivity index (χ4n) is 2.36. The fraction of sp³-hybridized carbons (Fsp3) is 0.412. The van der Waals surface area contributed by atoms with Crippen LogP contribution in [0, 0.1) is 0 Å². The molecule has 0 aliphatic carbocycles. The van der Waals surface area contributed by atoms with Gasteiger partial charge in [0.15, 0.2) is 0 Å². The molecule has 1 aromatic carbocycles. The number of nitrogens with zero attached hydrogens (tertiary/aromatic N) is 3. The Bertz CT molecular complexity index is 769. The van der Waals surface area contributed by atoms with Gasteiger partial charge < -0.3 is 15.0 Å². The van der Waals surface area contributed by atoms with Crippen molar-refractivity contribution in [2.75, 3.05) is 36.9 Å². The van der Waals surface area contributed by atoms with Gasteiger partial charge in [-0.05, 0) is 24.3 Å². The number of anilines is 2. The van der Waals surface area contributed by atoms with Crippen molar-refractivity contribution in [2.45, 2.75) is 19.8 Å². The van der Waals surface area contributed by atoms with Crippen LogP contribution in [0.15, 0.2) is 24.3 Å². The topological polar surface area (TPSA) is 96.4 Å². The van der Waals surface area contributed by atoms with Gasteiger partial charge in [0.1, 0.15) is 5.01 Å². The number of hydrogen-bond acceptors (Lipinski definition) is 6. The van der Waals surface area contributed by atoms with Gasteiger partial charge in [-0.1, -0.05) is 25.2 Å². The Kier molecular flexibility index (Phi) is 5.79. The highest BCUT2D eigenvalue weighted by atomic mass is 32.1. The molecular formula is C17H21N5O3S. The van der Waals surface area contributed by atoms with Crippen LogP contribution >= 0.6 is 11.3 Å². The molecule has 1 aliphatic rings. The van der Waals surface area contributed by atoms with Gasteiger partial charge in [-0.3, -0.25) is 10.1 Å². The quantitative estimate of drug-likeness (QED) is 0.856. The number of hydrogen-bond donors (Lipinski definition) is 2. The van der Waals surface area contributed by atoms with Crippen LogP contribution in [0.2, 0.25) is 0 Å². The number of carbonyl (C=O) groups is 2. The molecule has 8 nitrogen and oxygen atoms in total. The van der Waals surface area contributed by atoms with E-state index in [1.807, 2.05) is 13.8 Å². The molecule has 2 N–H and O–H groups in total. The first-order chi connectivity index (χ1) is 12.5. The molecule has 9 heteroatoms. The van der Waals surface area contributed by atoms with Crippen LogP contribution in [-0.2, 0) is 4.74 Å². The summed E-state index contributed by atoms with van der Waals surface area (Å²) in [7, 11) is 0. The Morgan fingerprint density at radius 1 is 1.12 bits per heavy atom. The Morgan fingerprint density at radius 2 is 1.81 bits per heavy atom. The molecule has 0 atom stereocenters. The summed E-state index contributed by atoms with van der Waals surface area (Å²) in [6.07, 6.45) is 0. The van der Waals surface area contributed by atoms with E-state index in [1.165, 1.54) is 11.3 Å². The standard InChI is InChI=1S/C17H21N5O3S/c1-11(2)15-20-21-16(26-15)19-14(23)12-3-5-13(6-4-12)18-17(24)22-7-9-25-10-8-22/h3-6,11H,7-10H2,1-2H3,(H,18,24)(H,19,21,23). The first kappa shape index (κ1) is 18.3. The van der Waals surface area contributed by atoms with Crippen molar-refractivity contribution in [3.05, 3.63) is 34.8 Å². The third-order valence-corrected chi connectivity index (χ3v) is 4.99. The van der Waals surface area contributed by atoms with E-state index in [9.17, 15) is 9.59 Å². The SMILES string of the molecule is CC(C)c1nnc(NC(=O)c2ccc(NC(=O)N3CCOCC3)cc2)s1. The highest BCUT2D eigenvalue weighted by molar-refractivity contribution is 7.15. The van der Waals surface area contributed by atoms with Crippen LogP contribution in [0.1, 0.15) is 35.1 Å². The maximum atomic E-state index is 12.3. The number of nitrogens with one attached hydrogen (secondary N) is 2. The Hall–Kier alpha value is -2.52. The summed E-state index contributed by atoms with van der Waals surface area (Å²) in [5, 5.41) is 14.9. The van der Waals surface area contributed by atoms with Gasteiger partial charge in [-0.2, -0.15) is 0 Å². The lowest BCUT2D eigenvalue weighted by Crippen LogP contribution is -2.43. The molecular weight excluding hydrogens is 354 g/mol. The molecule has 2 aromatic rings. The van der Waals surface area contributed by atoms with E-state index in [-0.39, 0.29) is 17.9 Å². The minimum absolute atomic E-state index is 0.166. The van der Waals surface area contributed by atoms with Crippen LogP contribution in [0.4, 0.5) is 15.6 Å². The van der Waals surface area contributed by atoms with Crippen molar-refractivity contribution in [1.82, 2.24) is 15.1 Å². The van der Waals surface area contributed by atoms with E-state index in [2.05, 4.69) is 20.8 Å². The molecule has 0 spiro atoms. The van der Waals surface area contributed by atoms with Gasteiger partial charge >= 0.3 is 6.03 Å². The van der Waals surface area contributed by atoms with E-state index < -0.39 is 0 Å². The van der Waals surface area contributed by atoms with Crippen LogP contribution in [0.5, 0.6) is 0 Å². The Morgan fingerprint density at radius 3 is 2.42 bits per heavy atom. The monoisotopic (exact) mass is 375 g/mol. The van der Waals surface area contributed by atoms with Crippen molar-refractivity contribution < 1.29 is 14.3 Å². The van der Waals surface area contributed by atoms with E-state index >= 15 is 0 Å². The summed E-state index contributed by atoms with van der Waals surface area (Å²) >= 11 is 1.36. The summed E-state index contributed by atoms with van der Waals surface area (Å²) in [5.74, 6) is 0.00928. The Balaban J connectivity index is 1.57. The minimum atomic E-state index is -0.262. The summed E-state index contributed by atoms with van der Waals surface area (Å²) < 4.78 is 5.23. The van der Waals surface area contributed by atoms with Crippen molar-refractivity contribution in [3.8, 4) is 0 Å². The van der Waals surface area contributed by atoms with E-state index in [0.29, 0.717) is 42.7 Å². The molecule has 138 valence electrons. The predicted molar refractivity (Wildman–Crippen MR) is 99.8 cm³/mol. The number of amides is 3. The molecule has 3 amide bonds. The molecule has 1 aromatic heterocycles. The maximum absolute atomic E-state index is 12.3. The molecule has 1 aliphatic heterocycles. The minimum Gasteiger partial charge on any atom is -0.378 e. The number of rotatable bonds is 4. The van der Waals surface area contributed by atoms with Gasteiger partial charge in [0.05, 0.1) is 13.2 Å². The van der Waals surface area contributed by atoms with Gasteiger partial charge in [-0.25, -0.2) is 4.79 Å². The summed E-state index contributed by atoms with van der Waals surface area (Å²) in [4.78, 5) is 26.1. The lowest BCUT2D eigenvalue weighted by Gasteiger charge is -2.26. The first-order valence-electron chi connectivity index (χ1n) is 8.41. The highest BCUT2D eigenvalue weighted by Crippen LogP contribution is 2.23. The first-order valence-corrected chi connectivity index (χ1v) is 9.23. The molecule has 3 rings (SSSR count). The van der Waals surface area contributed by atoms with Crippen LogP contribution in [0.25, 0.3) is 0 Å². The molecule has 2 heterocycles. The fourth-order valence-corrected chi connectivity index (χ4v) is 3.10. The number of urea groups is 1. The van der Waals surface area contributed by atoms with Gasteiger partial charge in [0.25, 0.3) is 5.91 Å². The summed E-state index contributed by atoms with van der Waals surface area (Å²) in [6.45, 7) is 6.30. The van der Waals surface area contributed by atoms with Crippen molar-refractivity contribution in [1.29, 1.82) is 0 Å². The largest absolute Gasteiger partial charge is 0.378 e. The Labute approximate surface area is 155 Å². The second-order valence-electron chi connectivity index (χ2n) is 6.16. The summed E-state index contributed by atoms with van der Waals surface area (Å²) in [6, 6.07) is 6.56. The molecule has 1 fully saturated rings. The molecule has 0 saturated carbocycles. The second-order valence-corrected chi connectivity index (χ2v) is 7.17. The number of ether oxygens (including phenoxy) is 1. The zero-order valence-corrected chi connectivity index (χ0v) is 15.5. The molecule has 0 bridgehead atoms. The van der Waals surface area contributed by atoms with E-state index in [0.717, 1.165) is 5.01 Å². The van der Waals surface area contributed by atoms with Gasteiger partial charge in [-0.15, -0.1) is 10.2 Å².